The summed E-state index contributed by atoms with van der Waals surface area (Å²) in [4.78, 5) is 0. The summed E-state index contributed by atoms with van der Waals surface area (Å²) in [5.41, 5.74) is 5.58. The van der Waals surface area contributed by atoms with Crippen molar-refractivity contribution in [3.63, 3.8) is 0 Å². The molecule has 2 heteroatoms. The largest absolute Gasteiger partial charge is 0.508 e. The SMILES string of the molecule is CC/C=C(\C)c1cc(O)cc2c1[C@H]1CC[C@]3(C)[C@@H](O)CC[C@H]3[C@@H]1CC2. The Hall–Kier alpha value is -1.28. The number of aliphatic hydroxyl groups excluding tert-OH is 1. The molecular formula is C23H32O2. The van der Waals surface area contributed by atoms with E-state index in [0.717, 1.165) is 25.7 Å². The topological polar surface area (TPSA) is 40.5 Å². The number of aliphatic hydroxyl groups is 1. The predicted octanol–water partition coefficient (Wildman–Crippen LogP) is 5.42. The van der Waals surface area contributed by atoms with E-state index < -0.39 is 0 Å². The summed E-state index contributed by atoms with van der Waals surface area (Å²) in [5, 5.41) is 20.8. The van der Waals surface area contributed by atoms with Gasteiger partial charge in [-0.2, -0.15) is 0 Å². The molecule has 4 rings (SSSR count). The second kappa shape index (κ2) is 6.16. The van der Waals surface area contributed by atoms with Crippen molar-refractivity contribution < 1.29 is 10.2 Å². The lowest BCUT2D eigenvalue weighted by Crippen LogP contribution is -2.44. The molecule has 1 aromatic carbocycles. The summed E-state index contributed by atoms with van der Waals surface area (Å²) in [6, 6.07) is 3.99. The standard InChI is InChI=1S/C23H32O2/c1-4-5-14(2)19-13-16(24)12-15-6-7-17-18(22(15)19)10-11-23(3)20(17)8-9-21(23)25/h5,12-13,17-18,20-21,24-25H,4,6-11H2,1-3H3/b14-5+/t17-,18+,20+,21+,23+/m1/s1. The minimum Gasteiger partial charge on any atom is -0.508 e. The van der Waals surface area contributed by atoms with Crippen LogP contribution in [0.15, 0.2) is 18.2 Å². The molecule has 0 aliphatic heterocycles. The number of hydrogen-bond donors (Lipinski definition) is 2. The number of phenols is 1. The first-order valence-corrected chi connectivity index (χ1v) is 10.2. The van der Waals surface area contributed by atoms with Crippen LogP contribution in [-0.4, -0.2) is 16.3 Å². The zero-order valence-electron chi connectivity index (χ0n) is 15.9. The van der Waals surface area contributed by atoms with Crippen LogP contribution in [0.5, 0.6) is 5.75 Å². The quantitative estimate of drug-likeness (QED) is 0.754. The Morgan fingerprint density at radius 3 is 2.80 bits per heavy atom. The average molecular weight is 341 g/mol. The Bertz CT molecular complexity index is 704. The van der Waals surface area contributed by atoms with Gasteiger partial charge < -0.3 is 10.2 Å². The highest BCUT2D eigenvalue weighted by Gasteiger charge is 2.54. The number of aromatic hydroxyl groups is 1. The molecule has 0 amide bonds. The molecule has 2 saturated carbocycles. The van der Waals surface area contributed by atoms with Crippen molar-refractivity contribution in [2.45, 2.75) is 77.7 Å². The van der Waals surface area contributed by atoms with Crippen molar-refractivity contribution in [1.82, 2.24) is 0 Å². The van der Waals surface area contributed by atoms with Crippen LogP contribution >= 0.6 is 0 Å². The number of fused-ring (bicyclic) bond motifs is 5. The van der Waals surface area contributed by atoms with E-state index in [1.807, 2.05) is 12.1 Å². The van der Waals surface area contributed by atoms with Gasteiger partial charge in [-0.05, 0) is 109 Å². The van der Waals surface area contributed by atoms with Gasteiger partial charge in [0.2, 0.25) is 0 Å². The third kappa shape index (κ3) is 2.56. The molecule has 0 saturated heterocycles. The van der Waals surface area contributed by atoms with Crippen molar-refractivity contribution in [3.05, 3.63) is 34.9 Å². The van der Waals surface area contributed by atoms with Crippen molar-refractivity contribution in [1.29, 1.82) is 0 Å². The lowest BCUT2D eigenvalue weighted by atomic mass is 9.55. The highest BCUT2D eigenvalue weighted by atomic mass is 16.3. The van der Waals surface area contributed by atoms with Gasteiger partial charge in [-0.25, -0.2) is 0 Å². The molecule has 0 unspecified atom stereocenters. The van der Waals surface area contributed by atoms with E-state index in [0.29, 0.717) is 23.5 Å². The number of allylic oxidation sites excluding steroid dienone is 2. The van der Waals surface area contributed by atoms with Gasteiger partial charge >= 0.3 is 0 Å². The number of hydrogen-bond acceptors (Lipinski definition) is 2. The van der Waals surface area contributed by atoms with Gasteiger partial charge in [0.25, 0.3) is 0 Å². The third-order valence-corrected chi connectivity index (χ3v) is 7.69. The van der Waals surface area contributed by atoms with Gasteiger partial charge in [0.1, 0.15) is 5.75 Å². The Morgan fingerprint density at radius 1 is 1.24 bits per heavy atom. The van der Waals surface area contributed by atoms with Crippen molar-refractivity contribution in [2.75, 3.05) is 0 Å². The second-order valence-electron chi connectivity index (χ2n) is 8.91. The van der Waals surface area contributed by atoms with Crippen LogP contribution < -0.4 is 0 Å². The second-order valence-corrected chi connectivity index (χ2v) is 8.91. The third-order valence-electron chi connectivity index (χ3n) is 7.69. The van der Waals surface area contributed by atoms with Gasteiger partial charge in [0.05, 0.1) is 6.10 Å². The normalized spacial score (nSPS) is 37.4. The summed E-state index contributed by atoms with van der Waals surface area (Å²) in [6.07, 6.45) is 9.96. The number of benzene rings is 1. The van der Waals surface area contributed by atoms with Crippen LogP contribution in [0.4, 0.5) is 0 Å². The minimum atomic E-state index is -0.110. The summed E-state index contributed by atoms with van der Waals surface area (Å²) in [7, 11) is 0. The van der Waals surface area contributed by atoms with Gasteiger partial charge in [-0.15, -0.1) is 0 Å². The fourth-order valence-corrected chi connectivity index (χ4v) is 6.43. The summed E-state index contributed by atoms with van der Waals surface area (Å²) >= 11 is 0. The molecule has 2 nitrogen and oxygen atoms in total. The molecule has 0 bridgehead atoms. The molecule has 0 heterocycles. The molecule has 0 radical (unpaired) electrons. The molecule has 3 aliphatic carbocycles. The van der Waals surface area contributed by atoms with E-state index in [2.05, 4.69) is 26.8 Å². The predicted molar refractivity (Wildman–Crippen MR) is 103 cm³/mol. The smallest absolute Gasteiger partial charge is 0.116 e. The maximum atomic E-state index is 10.6. The first-order valence-electron chi connectivity index (χ1n) is 10.2. The molecule has 2 N–H and O–H groups in total. The van der Waals surface area contributed by atoms with E-state index in [9.17, 15) is 10.2 Å². The van der Waals surface area contributed by atoms with Gasteiger partial charge in [0.15, 0.2) is 0 Å². The maximum Gasteiger partial charge on any atom is 0.116 e. The molecule has 1 aromatic rings. The van der Waals surface area contributed by atoms with Crippen LogP contribution in [-0.2, 0) is 6.42 Å². The fourth-order valence-electron chi connectivity index (χ4n) is 6.43. The van der Waals surface area contributed by atoms with Crippen LogP contribution in [0.1, 0.15) is 81.9 Å². The Morgan fingerprint density at radius 2 is 2.04 bits per heavy atom. The van der Waals surface area contributed by atoms with Gasteiger partial charge in [0, 0.05) is 0 Å². The minimum absolute atomic E-state index is 0.110. The van der Waals surface area contributed by atoms with Crippen LogP contribution in [0, 0.1) is 17.3 Å². The lowest BCUT2D eigenvalue weighted by Gasteiger charge is -2.50. The van der Waals surface area contributed by atoms with Crippen LogP contribution in [0.25, 0.3) is 5.57 Å². The highest BCUT2D eigenvalue weighted by molar-refractivity contribution is 5.70. The zero-order chi connectivity index (χ0) is 17.8. The van der Waals surface area contributed by atoms with E-state index in [-0.39, 0.29) is 11.5 Å². The first-order chi connectivity index (χ1) is 12.0. The molecule has 136 valence electrons. The number of aryl methyl sites for hydroxylation is 1. The van der Waals surface area contributed by atoms with Crippen molar-refractivity contribution >= 4 is 5.57 Å². The zero-order valence-corrected chi connectivity index (χ0v) is 15.9. The monoisotopic (exact) mass is 340 g/mol. The average Bonchev–Trinajstić information content (AvgIpc) is 2.89. The molecule has 0 spiro atoms. The van der Waals surface area contributed by atoms with Crippen LogP contribution in [0.3, 0.4) is 0 Å². The Labute approximate surface area is 152 Å². The number of phenolic OH excluding ortho intramolecular Hbond substituents is 1. The highest BCUT2D eigenvalue weighted by Crippen LogP contribution is 2.61. The van der Waals surface area contributed by atoms with E-state index in [1.165, 1.54) is 41.5 Å². The molecular weight excluding hydrogens is 308 g/mol. The Balaban J connectivity index is 1.79. The van der Waals surface area contributed by atoms with E-state index in [4.69, 9.17) is 0 Å². The van der Waals surface area contributed by atoms with Crippen molar-refractivity contribution in [3.8, 4) is 5.75 Å². The summed E-state index contributed by atoms with van der Waals surface area (Å²) in [5.74, 6) is 2.36. The lowest BCUT2D eigenvalue weighted by molar-refractivity contribution is -0.0226. The molecule has 0 aromatic heterocycles. The molecule has 3 aliphatic rings. The Kier molecular flexibility index (Phi) is 4.22. The molecule has 5 atom stereocenters. The van der Waals surface area contributed by atoms with Gasteiger partial charge in [-0.3, -0.25) is 0 Å². The summed E-state index contributed by atoms with van der Waals surface area (Å²) < 4.78 is 0. The van der Waals surface area contributed by atoms with Crippen molar-refractivity contribution in [2.24, 2.45) is 17.3 Å². The van der Waals surface area contributed by atoms with Gasteiger partial charge in [-0.1, -0.05) is 19.9 Å². The molecule has 25 heavy (non-hydrogen) atoms. The molecule has 2 fully saturated rings. The maximum absolute atomic E-state index is 10.6. The summed E-state index contributed by atoms with van der Waals surface area (Å²) in [6.45, 7) is 6.70. The van der Waals surface area contributed by atoms with E-state index >= 15 is 0 Å². The van der Waals surface area contributed by atoms with Crippen LogP contribution in [0.2, 0.25) is 0 Å². The fraction of sp³-hybridized carbons (Fsp3) is 0.652. The number of rotatable bonds is 2. The first kappa shape index (κ1) is 17.1. The van der Waals surface area contributed by atoms with E-state index in [1.54, 1.807) is 0 Å².